The Morgan fingerprint density at radius 2 is 1.85 bits per heavy atom. The maximum Gasteiger partial charge on any atom is 0.267 e. The molecular weight excluding hydrogens is 522 g/mol. The van der Waals surface area contributed by atoms with Crippen molar-refractivity contribution in [2.24, 2.45) is 0 Å². The molecule has 4 aromatic heterocycles. The molecule has 10 heteroatoms. The lowest BCUT2D eigenvalue weighted by molar-refractivity contribution is 0.0938. The number of benzene rings is 2. The summed E-state index contributed by atoms with van der Waals surface area (Å²) < 4.78 is 3.11. The van der Waals surface area contributed by atoms with Crippen LogP contribution in [0.4, 0.5) is 0 Å². The number of carbonyl (C=O) groups is 1. The number of hydrogen-bond donors (Lipinski definition) is 1. The number of thiazole rings is 1. The van der Waals surface area contributed by atoms with Crippen molar-refractivity contribution in [3.8, 4) is 17.5 Å². The molecule has 0 aliphatic carbocycles. The second-order valence-corrected chi connectivity index (χ2v) is 10.4. The van der Waals surface area contributed by atoms with E-state index in [2.05, 4.69) is 32.2 Å². The molecule has 2 aromatic carbocycles. The van der Waals surface area contributed by atoms with E-state index >= 15 is 0 Å². The zero-order valence-corrected chi connectivity index (χ0v) is 22.7. The fraction of sp³-hybridized carbons (Fsp3) is 0.133. The molecule has 0 saturated carbocycles. The SMILES string of the molecule is Cc1ncc(C#Cc2cccc3nc([C@H](C)NC(=O)c4c(C)nn5cccnc45)n(-c4ccccc4)c(=O)c23)s1. The average molecular weight is 546 g/mol. The molecule has 6 aromatic rings. The minimum atomic E-state index is -0.627. The maximum atomic E-state index is 14.1. The van der Waals surface area contributed by atoms with Crippen LogP contribution in [0.1, 0.15) is 50.3 Å². The summed E-state index contributed by atoms with van der Waals surface area (Å²) in [6.07, 6.45) is 5.08. The number of aromatic nitrogens is 6. The van der Waals surface area contributed by atoms with Gasteiger partial charge in [-0.25, -0.2) is 19.5 Å². The molecule has 196 valence electrons. The van der Waals surface area contributed by atoms with Gasteiger partial charge in [0.05, 0.1) is 44.4 Å². The predicted octanol–water partition coefficient (Wildman–Crippen LogP) is 4.39. The summed E-state index contributed by atoms with van der Waals surface area (Å²) in [4.78, 5) is 41.9. The van der Waals surface area contributed by atoms with Gasteiger partial charge < -0.3 is 5.32 Å². The van der Waals surface area contributed by atoms with Crippen LogP contribution in [0.15, 0.2) is 78.0 Å². The monoisotopic (exact) mass is 545 g/mol. The first-order valence-corrected chi connectivity index (χ1v) is 13.4. The van der Waals surface area contributed by atoms with E-state index < -0.39 is 6.04 Å². The molecule has 9 nitrogen and oxygen atoms in total. The number of amides is 1. The van der Waals surface area contributed by atoms with Gasteiger partial charge in [0.25, 0.3) is 11.5 Å². The summed E-state index contributed by atoms with van der Waals surface area (Å²) in [5.74, 6) is 6.30. The summed E-state index contributed by atoms with van der Waals surface area (Å²) >= 11 is 1.49. The molecule has 0 aliphatic heterocycles. The van der Waals surface area contributed by atoms with Crippen molar-refractivity contribution >= 4 is 33.8 Å². The first-order valence-electron chi connectivity index (χ1n) is 12.6. The van der Waals surface area contributed by atoms with Gasteiger partial charge in [-0.3, -0.25) is 14.2 Å². The minimum Gasteiger partial charge on any atom is -0.342 e. The third kappa shape index (κ3) is 4.52. The van der Waals surface area contributed by atoms with E-state index in [0.717, 1.165) is 9.88 Å². The summed E-state index contributed by atoms with van der Waals surface area (Å²) in [5, 5.41) is 8.73. The van der Waals surface area contributed by atoms with E-state index in [1.165, 1.54) is 15.9 Å². The molecule has 0 fully saturated rings. The molecular formula is C30H23N7O2S. The second-order valence-electron chi connectivity index (χ2n) is 9.18. The molecule has 0 radical (unpaired) electrons. The molecule has 6 rings (SSSR count). The average Bonchev–Trinajstić information content (AvgIpc) is 3.53. The number of aryl methyl sites for hydroxylation is 2. The van der Waals surface area contributed by atoms with E-state index in [1.807, 2.05) is 49.4 Å². The van der Waals surface area contributed by atoms with Crippen LogP contribution >= 0.6 is 11.3 Å². The number of nitrogens with zero attached hydrogens (tertiary/aromatic N) is 6. The van der Waals surface area contributed by atoms with Gasteiger partial charge in [0, 0.05) is 18.0 Å². The van der Waals surface area contributed by atoms with Gasteiger partial charge in [-0.1, -0.05) is 30.2 Å². The van der Waals surface area contributed by atoms with Crippen molar-refractivity contribution < 1.29 is 4.79 Å². The predicted molar refractivity (Wildman–Crippen MR) is 154 cm³/mol. The molecule has 1 amide bonds. The van der Waals surface area contributed by atoms with Gasteiger partial charge in [-0.15, -0.1) is 11.3 Å². The first kappa shape index (κ1) is 25.2. The van der Waals surface area contributed by atoms with Crippen molar-refractivity contribution in [2.45, 2.75) is 26.8 Å². The zero-order valence-electron chi connectivity index (χ0n) is 21.9. The summed E-state index contributed by atoms with van der Waals surface area (Å²) in [5.41, 5.74) is 2.80. The highest BCUT2D eigenvalue weighted by atomic mass is 32.1. The molecule has 40 heavy (non-hydrogen) atoms. The fourth-order valence-corrected chi connectivity index (χ4v) is 5.24. The Bertz CT molecular complexity index is 2030. The van der Waals surface area contributed by atoms with Gasteiger partial charge >= 0.3 is 0 Å². The molecule has 0 saturated heterocycles. The minimum absolute atomic E-state index is 0.272. The fourth-order valence-electron chi connectivity index (χ4n) is 4.61. The normalized spacial score (nSPS) is 11.8. The third-order valence-corrected chi connectivity index (χ3v) is 7.24. The van der Waals surface area contributed by atoms with E-state index in [9.17, 15) is 9.59 Å². The van der Waals surface area contributed by atoms with Crippen molar-refractivity contribution in [3.05, 3.63) is 116 Å². The summed E-state index contributed by atoms with van der Waals surface area (Å²) in [6, 6.07) is 15.8. The lowest BCUT2D eigenvalue weighted by atomic mass is 10.1. The number of para-hydroxylation sites is 1. The number of hydrogen-bond acceptors (Lipinski definition) is 7. The zero-order chi connectivity index (χ0) is 27.8. The quantitative estimate of drug-likeness (QED) is 0.329. The third-order valence-electron chi connectivity index (χ3n) is 6.41. The van der Waals surface area contributed by atoms with E-state index in [4.69, 9.17) is 4.98 Å². The van der Waals surface area contributed by atoms with Crippen molar-refractivity contribution in [2.75, 3.05) is 0 Å². The number of fused-ring (bicyclic) bond motifs is 2. The van der Waals surface area contributed by atoms with Crippen molar-refractivity contribution in [1.29, 1.82) is 0 Å². The van der Waals surface area contributed by atoms with Gasteiger partial charge in [-0.05, 0) is 57.0 Å². The van der Waals surface area contributed by atoms with Gasteiger partial charge in [0.15, 0.2) is 5.65 Å². The largest absolute Gasteiger partial charge is 0.342 e. The van der Waals surface area contributed by atoms with Crippen LogP contribution in [0, 0.1) is 25.7 Å². The number of rotatable bonds is 4. The van der Waals surface area contributed by atoms with Gasteiger partial charge in [-0.2, -0.15) is 5.10 Å². The summed E-state index contributed by atoms with van der Waals surface area (Å²) in [7, 11) is 0. The molecule has 4 heterocycles. The standard InChI is InChI=1S/C30H23N7O2S/c1-18-25(28-31-15-8-16-36(28)35-18)29(38)33-19(2)27-34-24-12-7-9-21(13-14-23-17-32-20(3)40-23)26(24)30(39)37(27)22-10-5-4-6-11-22/h4-12,15-17,19H,1-3H3,(H,33,38)/t19-/m0/s1. The van der Waals surface area contributed by atoms with Gasteiger partial charge in [0.2, 0.25) is 0 Å². The van der Waals surface area contributed by atoms with Crippen LogP contribution in [-0.2, 0) is 0 Å². The lowest BCUT2D eigenvalue weighted by Crippen LogP contribution is -2.33. The molecule has 0 unspecified atom stereocenters. The molecule has 1 N–H and O–H groups in total. The number of carbonyl (C=O) groups excluding carboxylic acids is 1. The van der Waals surface area contributed by atoms with Crippen LogP contribution in [0.3, 0.4) is 0 Å². The Labute approximate surface area is 233 Å². The van der Waals surface area contributed by atoms with Crippen LogP contribution in [0.5, 0.6) is 0 Å². The van der Waals surface area contributed by atoms with E-state index in [1.54, 1.807) is 49.1 Å². The topological polar surface area (TPSA) is 107 Å². The Balaban J connectivity index is 1.48. The molecule has 0 bridgehead atoms. The Morgan fingerprint density at radius 3 is 2.62 bits per heavy atom. The molecule has 1 atom stereocenters. The molecule has 0 spiro atoms. The highest BCUT2D eigenvalue weighted by Gasteiger charge is 2.24. The van der Waals surface area contributed by atoms with Crippen molar-refractivity contribution in [3.63, 3.8) is 0 Å². The second kappa shape index (κ2) is 10.2. The summed E-state index contributed by atoms with van der Waals surface area (Å²) in [6.45, 7) is 5.48. The van der Waals surface area contributed by atoms with Crippen LogP contribution in [0.25, 0.3) is 22.2 Å². The lowest BCUT2D eigenvalue weighted by Gasteiger charge is -2.20. The van der Waals surface area contributed by atoms with Crippen LogP contribution in [0.2, 0.25) is 0 Å². The highest BCUT2D eigenvalue weighted by molar-refractivity contribution is 7.12. The Morgan fingerprint density at radius 1 is 1.02 bits per heavy atom. The van der Waals surface area contributed by atoms with E-state index in [-0.39, 0.29) is 11.5 Å². The molecule has 0 aliphatic rings. The van der Waals surface area contributed by atoms with Crippen molar-refractivity contribution in [1.82, 2.24) is 34.4 Å². The van der Waals surface area contributed by atoms with Gasteiger partial charge in [0.1, 0.15) is 11.4 Å². The Hall–Kier alpha value is -5.14. The van der Waals surface area contributed by atoms with E-state index in [0.29, 0.717) is 44.9 Å². The van der Waals surface area contributed by atoms with Crippen LogP contribution < -0.4 is 10.9 Å². The Kier molecular flexibility index (Phi) is 6.42. The smallest absolute Gasteiger partial charge is 0.267 e. The first-order chi connectivity index (χ1) is 19.4. The number of nitrogens with one attached hydrogen (secondary N) is 1. The van der Waals surface area contributed by atoms with Crippen LogP contribution in [-0.4, -0.2) is 35.0 Å². The highest BCUT2D eigenvalue weighted by Crippen LogP contribution is 2.22. The maximum absolute atomic E-state index is 14.1.